The Balaban J connectivity index is 1.81. The van der Waals surface area contributed by atoms with Crippen LogP contribution in [0.15, 0.2) is 58.3 Å². The van der Waals surface area contributed by atoms with Crippen molar-refractivity contribution in [3.05, 3.63) is 85.0 Å². The minimum atomic E-state index is -1.35. The van der Waals surface area contributed by atoms with Crippen LogP contribution in [0.5, 0.6) is 0 Å². The lowest BCUT2D eigenvalue weighted by molar-refractivity contribution is -0.147. The van der Waals surface area contributed by atoms with E-state index in [-0.39, 0.29) is 16.9 Å². The van der Waals surface area contributed by atoms with Crippen molar-refractivity contribution >= 4 is 58.5 Å². The van der Waals surface area contributed by atoms with Crippen molar-refractivity contribution in [3.8, 4) is 0 Å². The summed E-state index contributed by atoms with van der Waals surface area (Å²) in [5.74, 6) is -3.72. The lowest BCUT2D eigenvalue weighted by Gasteiger charge is -2.10. The number of nitrogens with zero attached hydrogens (tertiary/aromatic N) is 3. The third kappa shape index (κ3) is 8.11. The van der Waals surface area contributed by atoms with Gasteiger partial charge in [0.25, 0.3) is 5.91 Å². The second kappa shape index (κ2) is 13.1. The van der Waals surface area contributed by atoms with Crippen molar-refractivity contribution in [2.75, 3.05) is 6.54 Å². The van der Waals surface area contributed by atoms with Crippen molar-refractivity contribution in [1.29, 1.82) is 0 Å². The van der Waals surface area contributed by atoms with Gasteiger partial charge in [-0.05, 0) is 53.5 Å². The zero-order chi connectivity index (χ0) is 27.8. The zero-order valence-electron chi connectivity index (χ0n) is 19.5. The predicted molar refractivity (Wildman–Crippen MR) is 138 cm³/mol. The third-order valence-electron chi connectivity index (χ3n) is 4.89. The molecule has 3 rings (SSSR count). The van der Waals surface area contributed by atoms with Gasteiger partial charge in [0.05, 0.1) is 19.0 Å². The standard InChI is InChI=1S/C23H21Cl2N5O7S/c24-15-5-1-13(2-6-15)11-30-23(36)29(12-37-19(33)10-27-21(35)17(26)9-18(31)32)22(38-30)28-20(34)14-3-7-16(25)8-4-14/h1-8,17H,9-12,26H2,(H,27,35)(H,31,32)/t17-/m0/s1. The van der Waals surface area contributed by atoms with Gasteiger partial charge in [0, 0.05) is 15.6 Å². The van der Waals surface area contributed by atoms with E-state index >= 15 is 0 Å². The number of aliphatic carboxylic acids is 1. The van der Waals surface area contributed by atoms with E-state index in [9.17, 15) is 24.0 Å². The number of rotatable bonds is 10. The molecular weight excluding hydrogens is 561 g/mol. The number of hydrogen-bond acceptors (Lipinski definition) is 8. The number of esters is 1. The number of aromatic nitrogens is 2. The molecule has 200 valence electrons. The number of carbonyl (C=O) groups is 4. The van der Waals surface area contributed by atoms with E-state index < -0.39 is 55.2 Å². The lowest BCUT2D eigenvalue weighted by Crippen LogP contribution is -2.44. The van der Waals surface area contributed by atoms with Crippen LogP contribution in [-0.2, 0) is 32.4 Å². The predicted octanol–water partition coefficient (Wildman–Crippen LogP) is 1.23. The van der Waals surface area contributed by atoms with Gasteiger partial charge in [0.1, 0.15) is 6.54 Å². The van der Waals surface area contributed by atoms with Gasteiger partial charge >= 0.3 is 17.6 Å². The smallest absolute Gasteiger partial charge is 0.342 e. The molecule has 0 fully saturated rings. The van der Waals surface area contributed by atoms with E-state index in [0.717, 1.165) is 21.7 Å². The molecule has 0 spiro atoms. The summed E-state index contributed by atoms with van der Waals surface area (Å²) in [6, 6.07) is 11.4. The number of carboxylic acids is 1. The Morgan fingerprint density at radius 1 is 1.05 bits per heavy atom. The SMILES string of the molecule is N[C@@H](CC(=O)O)C(=O)NCC(=O)OCn1c(=NC(=O)c2ccc(Cl)cc2)sn(Cc2ccc(Cl)cc2)c1=O. The summed E-state index contributed by atoms with van der Waals surface area (Å²) in [4.78, 5) is 64.4. The molecule has 1 atom stereocenters. The molecule has 0 saturated carbocycles. The van der Waals surface area contributed by atoms with E-state index in [0.29, 0.717) is 10.0 Å². The summed E-state index contributed by atoms with van der Waals surface area (Å²) in [5.41, 5.74) is 5.80. The molecule has 0 saturated heterocycles. The maximum absolute atomic E-state index is 13.1. The molecule has 2 aromatic carbocycles. The molecule has 1 aromatic heterocycles. The molecule has 1 heterocycles. The van der Waals surface area contributed by atoms with E-state index in [4.69, 9.17) is 38.8 Å². The van der Waals surface area contributed by atoms with Crippen LogP contribution in [0.3, 0.4) is 0 Å². The van der Waals surface area contributed by atoms with Crippen molar-refractivity contribution in [2.24, 2.45) is 10.7 Å². The molecule has 12 nitrogen and oxygen atoms in total. The normalized spacial score (nSPS) is 12.1. The quantitative estimate of drug-likeness (QED) is 0.299. The molecule has 0 aliphatic carbocycles. The van der Waals surface area contributed by atoms with Gasteiger partial charge in [-0.2, -0.15) is 4.99 Å². The molecular formula is C23H21Cl2N5O7S. The molecule has 4 N–H and O–H groups in total. The number of benzene rings is 2. The topological polar surface area (TPSA) is 175 Å². The number of carboxylic acid groups (broad SMARTS) is 1. The highest BCUT2D eigenvalue weighted by atomic mass is 35.5. The average Bonchev–Trinajstić information content (AvgIpc) is 3.15. The molecule has 3 aromatic rings. The van der Waals surface area contributed by atoms with Gasteiger partial charge in [-0.1, -0.05) is 35.3 Å². The van der Waals surface area contributed by atoms with Crippen LogP contribution in [0.1, 0.15) is 22.3 Å². The fraction of sp³-hybridized carbons (Fsp3) is 0.217. The first-order valence-electron chi connectivity index (χ1n) is 10.8. The summed E-state index contributed by atoms with van der Waals surface area (Å²) < 4.78 is 7.39. The number of ether oxygens (including phenoxy) is 1. The monoisotopic (exact) mass is 581 g/mol. The summed E-state index contributed by atoms with van der Waals surface area (Å²) >= 11 is 12.7. The van der Waals surface area contributed by atoms with Crippen molar-refractivity contribution in [3.63, 3.8) is 0 Å². The van der Waals surface area contributed by atoms with Gasteiger partial charge in [-0.3, -0.25) is 19.2 Å². The average molecular weight is 582 g/mol. The Hall–Kier alpha value is -3.78. The lowest BCUT2D eigenvalue weighted by atomic mass is 10.2. The zero-order valence-corrected chi connectivity index (χ0v) is 21.8. The fourth-order valence-electron chi connectivity index (χ4n) is 2.95. The molecule has 0 aliphatic heterocycles. The number of carbonyl (C=O) groups excluding carboxylic acids is 3. The van der Waals surface area contributed by atoms with Crippen LogP contribution in [0, 0.1) is 0 Å². The van der Waals surface area contributed by atoms with Gasteiger partial charge < -0.3 is 20.9 Å². The number of amides is 2. The first-order chi connectivity index (χ1) is 18.0. The van der Waals surface area contributed by atoms with Crippen LogP contribution >= 0.6 is 34.7 Å². The van der Waals surface area contributed by atoms with Crippen LogP contribution in [-0.4, -0.2) is 50.0 Å². The molecule has 0 aliphatic rings. The minimum Gasteiger partial charge on any atom is -0.481 e. The fourth-order valence-corrected chi connectivity index (χ4v) is 4.15. The van der Waals surface area contributed by atoms with Crippen molar-refractivity contribution < 1.29 is 29.0 Å². The van der Waals surface area contributed by atoms with Crippen LogP contribution in [0.4, 0.5) is 0 Å². The first-order valence-corrected chi connectivity index (χ1v) is 12.4. The molecule has 0 unspecified atom stereocenters. The Morgan fingerprint density at radius 3 is 2.26 bits per heavy atom. The van der Waals surface area contributed by atoms with E-state index in [1.54, 1.807) is 24.3 Å². The Labute approximate surface area is 229 Å². The highest BCUT2D eigenvalue weighted by molar-refractivity contribution is 7.03. The molecule has 0 radical (unpaired) electrons. The molecule has 15 heteroatoms. The Kier molecular flexibility index (Phi) is 9.96. The van der Waals surface area contributed by atoms with E-state index in [2.05, 4.69) is 10.3 Å². The van der Waals surface area contributed by atoms with Crippen LogP contribution in [0.2, 0.25) is 10.0 Å². The third-order valence-corrected chi connectivity index (χ3v) is 6.37. The second-order valence-corrected chi connectivity index (χ2v) is 9.60. The highest BCUT2D eigenvalue weighted by Gasteiger charge is 2.19. The van der Waals surface area contributed by atoms with Gasteiger partial charge in [0.15, 0.2) is 6.73 Å². The van der Waals surface area contributed by atoms with Crippen molar-refractivity contribution in [1.82, 2.24) is 13.8 Å². The summed E-state index contributed by atoms with van der Waals surface area (Å²) in [6.07, 6.45) is -0.620. The number of nitrogens with one attached hydrogen (secondary N) is 1. The van der Waals surface area contributed by atoms with Gasteiger partial charge in [0.2, 0.25) is 10.7 Å². The Morgan fingerprint density at radius 2 is 1.66 bits per heavy atom. The maximum Gasteiger partial charge on any atom is 0.342 e. The van der Waals surface area contributed by atoms with Crippen molar-refractivity contribution in [2.45, 2.75) is 25.7 Å². The van der Waals surface area contributed by atoms with E-state index in [1.165, 1.54) is 28.2 Å². The highest BCUT2D eigenvalue weighted by Crippen LogP contribution is 2.12. The van der Waals surface area contributed by atoms with Gasteiger partial charge in [-0.25, -0.2) is 13.3 Å². The summed E-state index contributed by atoms with van der Waals surface area (Å²) in [7, 11) is 0. The largest absolute Gasteiger partial charge is 0.481 e. The summed E-state index contributed by atoms with van der Waals surface area (Å²) in [5, 5.41) is 11.8. The molecule has 38 heavy (non-hydrogen) atoms. The second-order valence-electron chi connectivity index (χ2n) is 7.74. The molecule has 2 amide bonds. The Bertz CT molecular complexity index is 1460. The van der Waals surface area contributed by atoms with E-state index in [1.807, 2.05) is 0 Å². The number of nitrogens with two attached hydrogens (primary N) is 1. The number of hydrogen-bond donors (Lipinski definition) is 3. The van der Waals surface area contributed by atoms with Crippen LogP contribution < -0.4 is 21.5 Å². The molecule has 0 bridgehead atoms. The number of halogens is 2. The van der Waals surface area contributed by atoms with Crippen LogP contribution in [0.25, 0.3) is 0 Å². The summed E-state index contributed by atoms with van der Waals surface area (Å²) in [6.45, 7) is -1.09. The first kappa shape index (κ1) is 28.8. The van der Waals surface area contributed by atoms with Gasteiger partial charge in [-0.15, -0.1) is 0 Å². The minimum absolute atomic E-state index is 0.0378. The maximum atomic E-state index is 13.1.